The van der Waals surface area contributed by atoms with Crippen LogP contribution >= 0.6 is 0 Å². The van der Waals surface area contributed by atoms with Crippen LogP contribution in [0.2, 0.25) is 0 Å². The first-order chi connectivity index (χ1) is 8.23. The molecular formula is C12H14F3NOS. The second-order valence-corrected chi connectivity index (χ2v) is 6.52. The third-order valence-corrected chi connectivity index (χ3v) is 3.47. The maximum absolute atomic E-state index is 13.4. The van der Waals surface area contributed by atoms with Crippen molar-refractivity contribution < 1.29 is 17.7 Å². The fourth-order valence-corrected chi connectivity index (χ4v) is 1.73. The summed E-state index contributed by atoms with van der Waals surface area (Å²) in [7, 11) is 0. The average Bonchev–Trinajstić information content (AvgIpc) is 2.25. The van der Waals surface area contributed by atoms with Crippen LogP contribution < -0.4 is 0 Å². The van der Waals surface area contributed by atoms with E-state index in [4.69, 9.17) is 0 Å². The number of alkyl halides is 2. The van der Waals surface area contributed by atoms with E-state index in [1.165, 1.54) is 18.2 Å². The van der Waals surface area contributed by atoms with E-state index >= 15 is 0 Å². The highest BCUT2D eigenvalue weighted by molar-refractivity contribution is 7.91. The van der Waals surface area contributed by atoms with Crippen LogP contribution in [0, 0.1) is 5.82 Å². The van der Waals surface area contributed by atoms with E-state index in [2.05, 4.69) is 4.40 Å². The fourth-order valence-electron chi connectivity index (χ4n) is 1.10. The van der Waals surface area contributed by atoms with Crippen molar-refractivity contribution in [2.75, 3.05) is 0 Å². The molecule has 0 heterocycles. The Morgan fingerprint density at radius 3 is 2.28 bits per heavy atom. The predicted octanol–water partition coefficient (Wildman–Crippen LogP) is 3.34. The molecule has 1 aromatic carbocycles. The highest BCUT2D eigenvalue weighted by Crippen LogP contribution is 2.21. The van der Waals surface area contributed by atoms with Gasteiger partial charge in [-0.2, -0.15) is 0 Å². The van der Waals surface area contributed by atoms with Gasteiger partial charge in [-0.3, -0.25) is 0 Å². The van der Waals surface area contributed by atoms with Crippen molar-refractivity contribution in [2.24, 2.45) is 4.40 Å². The van der Waals surface area contributed by atoms with Gasteiger partial charge in [0.05, 0.1) is 0 Å². The largest absolute Gasteiger partial charge is 0.591 e. The lowest BCUT2D eigenvalue weighted by atomic mass is 10.1. The number of halogens is 3. The Balaban J connectivity index is 3.20. The van der Waals surface area contributed by atoms with Crippen LogP contribution in [0.15, 0.2) is 28.7 Å². The zero-order chi connectivity index (χ0) is 13.9. The third kappa shape index (κ3) is 3.74. The quantitative estimate of drug-likeness (QED) is 0.616. The van der Waals surface area contributed by atoms with E-state index in [1.54, 1.807) is 20.8 Å². The number of benzene rings is 1. The molecule has 0 aromatic heterocycles. The molecule has 0 unspecified atom stereocenters. The Labute approximate surface area is 107 Å². The standard InChI is InChI=1S/C12H14F3NOS/c1-12(2,3)18(17)16-10(11(14)15)8-6-4-5-7-9(8)13/h4-7,11H,1-3H3/t18-/m1/s1. The molecule has 18 heavy (non-hydrogen) atoms. The molecule has 0 saturated carbocycles. The minimum atomic E-state index is -2.98. The van der Waals surface area contributed by atoms with Crippen molar-refractivity contribution in [3.8, 4) is 0 Å². The first kappa shape index (κ1) is 15.0. The zero-order valence-corrected chi connectivity index (χ0v) is 11.1. The van der Waals surface area contributed by atoms with Gasteiger partial charge in [-0.15, -0.1) is 0 Å². The molecule has 0 spiro atoms. The molecule has 0 bridgehead atoms. The van der Waals surface area contributed by atoms with Gasteiger partial charge in [0.15, 0.2) is 5.71 Å². The van der Waals surface area contributed by atoms with Gasteiger partial charge < -0.3 is 4.55 Å². The summed E-state index contributed by atoms with van der Waals surface area (Å²) < 4.78 is 53.6. The van der Waals surface area contributed by atoms with E-state index in [9.17, 15) is 17.7 Å². The Morgan fingerprint density at radius 1 is 1.28 bits per heavy atom. The van der Waals surface area contributed by atoms with Crippen LogP contribution in [0.5, 0.6) is 0 Å². The molecule has 0 fully saturated rings. The normalized spacial score (nSPS) is 15.0. The molecule has 0 aliphatic heterocycles. The molecule has 0 radical (unpaired) electrons. The molecule has 0 aliphatic rings. The van der Waals surface area contributed by atoms with Crippen LogP contribution in [0.3, 0.4) is 0 Å². The molecule has 1 aromatic rings. The van der Waals surface area contributed by atoms with Gasteiger partial charge in [0.2, 0.25) is 0 Å². The third-order valence-electron chi connectivity index (χ3n) is 2.06. The van der Waals surface area contributed by atoms with E-state index in [-0.39, 0.29) is 5.56 Å². The number of nitrogens with zero attached hydrogens (tertiary/aromatic N) is 1. The molecule has 0 saturated heterocycles. The van der Waals surface area contributed by atoms with Gasteiger partial charge in [0, 0.05) is 5.56 Å². The van der Waals surface area contributed by atoms with E-state index in [0.717, 1.165) is 6.07 Å². The number of rotatable bonds is 3. The summed E-state index contributed by atoms with van der Waals surface area (Å²) in [5.41, 5.74) is -1.09. The monoisotopic (exact) mass is 277 g/mol. The average molecular weight is 277 g/mol. The molecule has 0 N–H and O–H groups in total. The minimum absolute atomic E-state index is 0.315. The summed E-state index contributed by atoms with van der Waals surface area (Å²) >= 11 is -1.86. The lowest BCUT2D eigenvalue weighted by Crippen LogP contribution is -2.28. The highest BCUT2D eigenvalue weighted by atomic mass is 32.2. The van der Waals surface area contributed by atoms with Gasteiger partial charge in [-0.25, -0.2) is 13.2 Å². The molecule has 0 aliphatic carbocycles. The summed E-state index contributed by atoms with van der Waals surface area (Å²) in [4.78, 5) is 0. The first-order valence-electron chi connectivity index (χ1n) is 5.27. The first-order valence-corrected chi connectivity index (χ1v) is 6.38. The number of hydrogen-bond acceptors (Lipinski definition) is 2. The van der Waals surface area contributed by atoms with Crippen molar-refractivity contribution >= 4 is 17.1 Å². The van der Waals surface area contributed by atoms with Crippen LogP contribution in [0.4, 0.5) is 13.2 Å². The second kappa shape index (κ2) is 5.75. The van der Waals surface area contributed by atoms with Gasteiger partial charge in [-0.1, -0.05) is 16.5 Å². The fraction of sp³-hybridized carbons (Fsp3) is 0.417. The highest BCUT2D eigenvalue weighted by Gasteiger charge is 2.30. The Bertz CT molecular complexity index is 443. The van der Waals surface area contributed by atoms with Crippen molar-refractivity contribution in [3.05, 3.63) is 35.6 Å². The van der Waals surface area contributed by atoms with E-state index in [0.29, 0.717) is 0 Å². The smallest absolute Gasteiger partial charge is 0.285 e. The molecule has 2 nitrogen and oxygen atoms in total. The molecule has 6 heteroatoms. The summed E-state index contributed by atoms with van der Waals surface area (Å²) in [6, 6.07) is 5.08. The predicted molar refractivity (Wildman–Crippen MR) is 66.8 cm³/mol. The molecule has 0 amide bonds. The van der Waals surface area contributed by atoms with Gasteiger partial charge in [0.25, 0.3) is 6.43 Å². The molecular weight excluding hydrogens is 263 g/mol. The van der Waals surface area contributed by atoms with Crippen LogP contribution in [-0.4, -0.2) is 21.4 Å². The maximum atomic E-state index is 13.4. The minimum Gasteiger partial charge on any atom is -0.591 e. The number of hydrogen-bond donors (Lipinski definition) is 0. The van der Waals surface area contributed by atoms with Gasteiger partial charge >= 0.3 is 0 Å². The van der Waals surface area contributed by atoms with E-state index < -0.39 is 34.1 Å². The molecule has 1 rings (SSSR count). The van der Waals surface area contributed by atoms with Crippen LogP contribution in [0.1, 0.15) is 26.3 Å². The summed E-state index contributed by atoms with van der Waals surface area (Å²) in [6.45, 7) is 4.82. The zero-order valence-electron chi connectivity index (χ0n) is 10.3. The van der Waals surface area contributed by atoms with Crippen molar-refractivity contribution in [3.63, 3.8) is 0 Å². The lowest BCUT2D eigenvalue weighted by molar-refractivity contribution is 0.226. The Morgan fingerprint density at radius 2 is 1.83 bits per heavy atom. The Hall–Kier alpha value is -1.01. The molecule has 1 atom stereocenters. The summed E-state index contributed by atoms with van der Waals surface area (Å²) in [6.07, 6.45) is -2.98. The summed E-state index contributed by atoms with van der Waals surface area (Å²) in [5.74, 6) is -0.803. The van der Waals surface area contributed by atoms with Crippen molar-refractivity contribution in [1.82, 2.24) is 0 Å². The Kier molecular flexibility index (Phi) is 4.81. The maximum Gasteiger partial charge on any atom is 0.285 e. The summed E-state index contributed by atoms with van der Waals surface area (Å²) in [5, 5.41) is 0. The van der Waals surface area contributed by atoms with Gasteiger partial charge in [0.1, 0.15) is 21.9 Å². The SMILES string of the molecule is CC(C)(C)[S@@+]([O-])N=C(c1ccccc1F)C(F)F. The topological polar surface area (TPSA) is 35.4 Å². The van der Waals surface area contributed by atoms with Crippen LogP contribution in [-0.2, 0) is 11.4 Å². The van der Waals surface area contributed by atoms with Crippen molar-refractivity contribution in [1.29, 1.82) is 0 Å². The second-order valence-electron chi connectivity index (χ2n) is 4.62. The van der Waals surface area contributed by atoms with E-state index in [1.807, 2.05) is 0 Å². The van der Waals surface area contributed by atoms with Crippen molar-refractivity contribution in [2.45, 2.75) is 31.9 Å². The van der Waals surface area contributed by atoms with Gasteiger partial charge in [-0.05, 0) is 32.9 Å². The molecule has 100 valence electrons. The van der Waals surface area contributed by atoms with Crippen LogP contribution in [0.25, 0.3) is 0 Å². The lowest BCUT2D eigenvalue weighted by Gasteiger charge is -2.19.